The molecule has 0 bridgehead atoms. The van der Waals surface area contributed by atoms with Crippen LogP contribution in [0, 0.1) is 0 Å². The maximum absolute atomic E-state index is 5.86. The number of benzene rings is 1. The number of rotatable bonds is 3. The van der Waals surface area contributed by atoms with Crippen LogP contribution < -0.4 is 16.4 Å². The Labute approximate surface area is 125 Å². The van der Waals surface area contributed by atoms with Crippen LogP contribution in [0.25, 0.3) is 0 Å². The molecule has 3 rings (SSSR count). The first-order valence-electron chi connectivity index (χ1n) is 7.24. The van der Waals surface area contributed by atoms with E-state index in [-0.39, 0.29) is 0 Å². The van der Waals surface area contributed by atoms with Crippen molar-refractivity contribution in [2.24, 2.45) is 0 Å². The van der Waals surface area contributed by atoms with Gasteiger partial charge in [0.15, 0.2) is 0 Å². The molecule has 2 aromatic rings. The number of pyridine rings is 1. The summed E-state index contributed by atoms with van der Waals surface area (Å²) < 4.78 is 0. The van der Waals surface area contributed by atoms with Gasteiger partial charge >= 0.3 is 0 Å². The minimum absolute atomic E-state index is 0.652. The van der Waals surface area contributed by atoms with Crippen LogP contribution in [0.2, 0.25) is 0 Å². The lowest BCUT2D eigenvalue weighted by Crippen LogP contribution is -2.46. The van der Waals surface area contributed by atoms with Crippen molar-refractivity contribution in [2.45, 2.75) is 6.54 Å². The van der Waals surface area contributed by atoms with Crippen molar-refractivity contribution >= 4 is 17.2 Å². The number of nitrogens with two attached hydrogens (primary N) is 2. The summed E-state index contributed by atoms with van der Waals surface area (Å²) in [6.45, 7) is 4.98. The average molecular weight is 283 g/mol. The Hall–Kier alpha value is -2.27. The van der Waals surface area contributed by atoms with Crippen LogP contribution in [-0.4, -0.2) is 36.1 Å². The number of piperazine rings is 1. The lowest BCUT2D eigenvalue weighted by Gasteiger charge is -2.35. The predicted molar refractivity (Wildman–Crippen MR) is 87.0 cm³/mol. The van der Waals surface area contributed by atoms with E-state index in [1.54, 1.807) is 0 Å². The molecule has 1 aromatic carbocycles. The van der Waals surface area contributed by atoms with Crippen molar-refractivity contribution in [1.82, 2.24) is 9.88 Å². The van der Waals surface area contributed by atoms with Crippen LogP contribution in [0.1, 0.15) is 5.56 Å². The van der Waals surface area contributed by atoms with Gasteiger partial charge in [-0.15, -0.1) is 0 Å². The van der Waals surface area contributed by atoms with E-state index in [2.05, 4.69) is 26.9 Å². The molecule has 0 saturated carbocycles. The number of nitrogens with zero attached hydrogens (tertiary/aromatic N) is 3. The fourth-order valence-corrected chi connectivity index (χ4v) is 2.66. The van der Waals surface area contributed by atoms with E-state index in [0.29, 0.717) is 11.4 Å². The summed E-state index contributed by atoms with van der Waals surface area (Å²) >= 11 is 0. The van der Waals surface area contributed by atoms with E-state index in [0.717, 1.165) is 38.5 Å². The van der Waals surface area contributed by atoms with Gasteiger partial charge in [-0.3, -0.25) is 4.90 Å². The Bertz CT molecular complexity index is 591. The Morgan fingerprint density at radius 1 is 0.952 bits per heavy atom. The second-order valence-corrected chi connectivity index (χ2v) is 5.41. The van der Waals surface area contributed by atoms with Gasteiger partial charge in [-0.25, -0.2) is 4.98 Å². The van der Waals surface area contributed by atoms with E-state index in [1.165, 1.54) is 5.56 Å². The summed E-state index contributed by atoms with van der Waals surface area (Å²) in [7, 11) is 0. The van der Waals surface area contributed by atoms with Crippen molar-refractivity contribution in [3.8, 4) is 0 Å². The second kappa shape index (κ2) is 6.01. The zero-order valence-electron chi connectivity index (χ0n) is 12.1. The van der Waals surface area contributed by atoms with Crippen molar-refractivity contribution in [2.75, 3.05) is 42.5 Å². The van der Waals surface area contributed by atoms with Crippen molar-refractivity contribution in [1.29, 1.82) is 0 Å². The first kappa shape index (κ1) is 13.7. The highest BCUT2D eigenvalue weighted by Gasteiger charge is 2.17. The standard InChI is InChI=1S/C16H21N5/c17-14-5-4-13(11-15(14)18)12-20-7-9-21(10-8-20)16-3-1-2-6-19-16/h1-6,11H,7-10,12,17-18H2. The summed E-state index contributed by atoms with van der Waals surface area (Å²) in [6.07, 6.45) is 1.85. The molecule has 1 aliphatic heterocycles. The third-order valence-corrected chi connectivity index (χ3v) is 3.90. The van der Waals surface area contributed by atoms with Gasteiger partial charge in [-0.1, -0.05) is 12.1 Å². The number of hydrogen-bond donors (Lipinski definition) is 2. The minimum Gasteiger partial charge on any atom is -0.397 e. The number of aromatic nitrogens is 1. The molecule has 0 unspecified atom stereocenters. The van der Waals surface area contributed by atoms with Crippen LogP contribution in [-0.2, 0) is 6.54 Å². The molecule has 0 radical (unpaired) electrons. The minimum atomic E-state index is 0.652. The van der Waals surface area contributed by atoms with Crippen LogP contribution in [0.3, 0.4) is 0 Å². The quantitative estimate of drug-likeness (QED) is 0.837. The van der Waals surface area contributed by atoms with Crippen LogP contribution in [0.5, 0.6) is 0 Å². The Morgan fingerprint density at radius 2 is 1.76 bits per heavy atom. The fourth-order valence-electron chi connectivity index (χ4n) is 2.66. The average Bonchev–Trinajstić information content (AvgIpc) is 2.53. The zero-order chi connectivity index (χ0) is 14.7. The third kappa shape index (κ3) is 3.25. The molecule has 0 spiro atoms. The van der Waals surface area contributed by atoms with Crippen LogP contribution >= 0.6 is 0 Å². The SMILES string of the molecule is Nc1ccc(CN2CCN(c3ccccn3)CC2)cc1N. The predicted octanol–water partition coefficient (Wildman–Crippen LogP) is 1.57. The van der Waals surface area contributed by atoms with Gasteiger partial charge < -0.3 is 16.4 Å². The topological polar surface area (TPSA) is 71.4 Å². The maximum atomic E-state index is 5.86. The lowest BCUT2D eigenvalue weighted by atomic mass is 10.1. The molecule has 2 heterocycles. The monoisotopic (exact) mass is 283 g/mol. The molecule has 4 N–H and O–H groups in total. The van der Waals surface area contributed by atoms with E-state index in [4.69, 9.17) is 11.5 Å². The molecule has 5 nitrogen and oxygen atoms in total. The van der Waals surface area contributed by atoms with Gasteiger partial charge in [0.05, 0.1) is 11.4 Å². The van der Waals surface area contributed by atoms with Crippen molar-refractivity contribution in [3.63, 3.8) is 0 Å². The van der Waals surface area contributed by atoms with Crippen molar-refractivity contribution in [3.05, 3.63) is 48.2 Å². The lowest BCUT2D eigenvalue weighted by molar-refractivity contribution is 0.249. The summed E-state index contributed by atoms with van der Waals surface area (Å²) in [5, 5.41) is 0. The molecule has 0 atom stereocenters. The highest BCUT2D eigenvalue weighted by Crippen LogP contribution is 2.19. The van der Waals surface area contributed by atoms with E-state index >= 15 is 0 Å². The van der Waals surface area contributed by atoms with Gasteiger partial charge in [-0.05, 0) is 29.8 Å². The molecule has 1 fully saturated rings. The number of hydrogen-bond acceptors (Lipinski definition) is 5. The molecule has 110 valence electrons. The molecule has 0 amide bonds. The first-order chi connectivity index (χ1) is 10.2. The highest BCUT2D eigenvalue weighted by atomic mass is 15.3. The van der Waals surface area contributed by atoms with Gasteiger partial charge in [-0.2, -0.15) is 0 Å². The fraction of sp³-hybridized carbons (Fsp3) is 0.312. The molecule has 21 heavy (non-hydrogen) atoms. The summed E-state index contributed by atoms with van der Waals surface area (Å²) in [6, 6.07) is 12.0. The maximum Gasteiger partial charge on any atom is 0.128 e. The second-order valence-electron chi connectivity index (χ2n) is 5.41. The normalized spacial score (nSPS) is 16.1. The third-order valence-electron chi connectivity index (χ3n) is 3.90. The Kier molecular flexibility index (Phi) is 3.92. The molecule has 1 aliphatic rings. The van der Waals surface area contributed by atoms with E-state index in [9.17, 15) is 0 Å². The van der Waals surface area contributed by atoms with Gasteiger partial charge in [0.25, 0.3) is 0 Å². The zero-order valence-corrected chi connectivity index (χ0v) is 12.1. The Balaban J connectivity index is 1.57. The van der Waals surface area contributed by atoms with Crippen LogP contribution in [0.4, 0.5) is 17.2 Å². The summed E-state index contributed by atoms with van der Waals surface area (Å²) in [5.41, 5.74) is 14.1. The highest BCUT2D eigenvalue weighted by molar-refractivity contribution is 5.63. The number of anilines is 3. The van der Waals surface area contributed by atoms with Gasteiger partial charge in [0.1, 0.15) is 5.82 Å². The first-order valence-corrected chi connectivity index (χ1v) is 7.24. The molecular formula is C16H21N5. The molecular weight excluding hydrogens is 262 g/mol. The molecule has 5 heteroatoms. The molecule has 0 aliphatic carbocycles. The summed E-state index contributed by atoms with van der Waals surface area (Å²) in [4.78, 5) is 9.17. The van der Waals surface area contributed by atoms with E-state index < -0.39 is 0 Å². The largest absolute Gasteiger partial charge is 0.397 e. The molecule has 1 aromatic heterocycles. The summed E-state index contributed by atoms with van der Waals surface area (Å²) in [5.74, 6) is 1.06. The van der Waals surface area contributed by atoms with Crippen LogP contribution in [0.15, 0.2) is 42.6 Å². The Morgan fingerprint density at radius 3 is 2.43 bits per heavy atom. The van der Waals surface area contributed by atoms with E-state index in [1.807, 2.05) is 30.5 Å². The van der Waals surface area contributed by atoms with Crippen molar-refractivity contribution < 1.29 is 0 Å². The van der Waals surface area contributed by atoms with Gasteiger partial charge in [0.2, 0.25) is 0 Å². The molecule has 1 saturated heterocycles. The smallest absolute Gasteiger partial charge is 0.128 e. The number of nitrogen functional groups attached to an aromatic ring is 2. The van der Waals surface area contributed by atoms with Gasteiger partial charge in [0, 0.05) is 38.9 Å².